The second-order valence-corrected chi connectivity index (χ2v) is 7.02. The van der Waals surface area contributed by atoms with Crippen LogP contribution in [0.2, 0.25) is 0 Å². The van der Waals surface area contributed by atoms with Crippen LogP contribution in [0.25, 0.3) is 11.1 Å². The van der Waals surface area contributed by atoms with Crippen molar-refractivity contribution in [1.29, 1.82) is 0 Å². The molecule has 0 saturated carbocycles. The van der Waals surface area contributed by atoms with E-state index in [0.717, 1.165) is 16.7 Å². The zero-order valence-electron chi connectivity index (χ0n) is 14.9. The molecule has 0 bridgehead atoms. The largest absolute Gasteiger partial charge is 0.351 e. The lowest BCUT2D eigenvalue weighted by molar-refractivity contribution is -0.143. The van der Waals surface area contributed by atoms with Gasteiger partial charge < -0.3 is 15.5 Å². The second kappa shape index (κ2) is 7.23. The fourth-order valence-electron chi connectivity index (χ4n) is 3.76. The maximum atomic E-state index is 12.4. The molecule has 0 spiro atoms. The van der Waals surface area contributed by atoms with Gasteiger partial charge in [0.15, 0.2) is 0 Å². The van der Waals surface area contributed by atoms with E-state index in [1.54, 1.807) is 4.90 Å². The first-order chi connectivity index (χ1) is 13.1. The third-order valence-electron chi connectivity index (χ3n) is 5.13. The first-order valence-corrected chi connectivity index (χ1v) is 9.11. The van der Waals surface area contributed by atoms with Crippen molar-refractivity contribution in [2.75, 3.05) is 13.1 Å². The molecule has 2 aliphatic rings. The lowest BCUT2D eigenvalue weighted by atomic mass is 10.0. The molecular formula is C21H21N3O3. The minimum Gasteiger partial charge on any atom is -0.351 e. The summed E-state index contributed by atoms with van der Waals surface area (Å²) in [5.74, 6) is -0.323. The van der Waals surface area contributed by atoms with Crippen molar-refractivity contribution in [3.05, 3.63) is 60.2 Å². The van der Waals surface area contributed by atoms with E-state index >= 15 is 0 Å². The molecule has 2 N–H and O–H groups in total. The Hall–Kier alpha value is -3.15. The Morgan fingerprint density at radius 3 is 2.44 bits per heavy atom. The standard InChI is InChI=1S/C21H21N3O3/c25-19(23-17-11-18-21(27)22-12-20(26)24(18)13-17)10-14-6-8-16(9-7-14)15-4-2-1-3-5-15/h1-9,17-18H,10-13H2,(H,22,27)(H,23,25)/t17-,18-/m0/s1. The van der Waals surface area contributed by atoms with Crippen molar-refractivity contribution in [2.45, 2.75) is 24.9 Å². The van der Waals surface area contributed by atoms with Crippen molar-refractivity contribution in [3.63, 3.8) is 0 Å². The van der Waals surface area contributed by atoms with Gasteiger partial charge in [0.1, 0.15) is 6.04 Å². The molecule has 2 fully saturated rings. The lowest BCUT2D eigenvalue weighted by Crippen LogP contribution is -2.55. The average Bonchev–Trinajstić information content (AvgIpc) is 3.11. The Kier molecular flexibility index (Phi) is 4.62. The SMILES string of the molecule is O=C(Cc1ccc(-c2ccccc2)cc1)N[C@H]1C[C@H]2C(=O)NCC(=O)N2C1. The molecule has 2 heterocycles. The second-order valence-electron chi connectivity index (χ2n) is 7.02. The van der Waals surface area contributed by atoms with E-state index in [1.807, 2.05) is 54.6 Å². The number of amides is 3. The van der Waals surface area contributed by atoms with E-state index in [1.165, 1.54) is 0 Å². The number of benzene rings is 2. The van der Waals surface area contributed by atoms with Gasteiger partial charge in [-0.05, 0) is 23.1 Å². The summed E-state index contributed by atoms with van der Waals surface area (Å²) >= 11 is 0. The quantitative estimate of drug-likeness (QED) is 0.854. The summed E-state index contributed by atoms with van der Waals surface area (Å²) < 4.78 is 0. The highest BCUT2D eigenvalue weighted by Crippen LogP contribution is 2.21. The highest BCUT2D eigenvalue weighted by atomic mass is 16.2. The normalized spacial score (nSPS) is 21.6. The van der Waals surface area contributed by atoms with E-state index in [0.29, 0.717) is 13.0 Å². The number of carbonyl (C=O) groups excluding carboxylic acids is 3. The molecule has 3 amide bonds. The fraction of sp³-hybridized carbons (Fsp3) is 0.286. The van der Waals surface area contributed by atoms with Gasteiger partial charge in [0.25, 0.3) is 0 Å². The molecule has 4 rings (SSSR count). The van der Waals surface area contributed by atoms with Crippen LogP contribution < -0.4 is 10.6 Å². The summed E-state index contributed by atoms with van der Waals surface area (Å²) in [6.45, 7) is 0.444. The van der Waals surface area contributed by atoms with Crippen LogP contribution in [0.5, 0.6) is 0 Å². The number of nitrogens with zero attached hydrogens (tertiary/aromatic N) is 1. The highest BCUT2D eigenvalue weighted by molar-refractivity contribution is 5.95. The summed E-state index contributed by atoms with van der Waals surface area (Å²) in [5.41, 5.74) is 3.17. The first kappa shape index (κ1) is 17.3. The van der Waals surface area contributed by atoms with Crippen LogP contribution in [0.15, 0.2) is 54.6 Å². The third-order valence-corrected chi connectivity index (χ3v) is 5.13. The van der Waals surface area contributed by atoms with E-state index in [9.17, 15) is 14.4 Å². The molecule has 6 heteroatoms. The number of rotatable bonds is 4. The van der Waals surface area contributed by atoms with Gasteiger partial charge >= 0.3 is 0 Å². The van der Waals surface area contributed by atoms with Crippen LogP contribution in [0.1, 0.15) is 12.0 Å². The van der Waals surface area contributed by atoms with E-state index < -0.39 is 6.04 Å². The topological polar surface area (TPSA) is 78.5 Å². The molecule has 2 aromatic carbocycles. The molecule has 0 unspecified atom stereocenters. The van der Waals surface area contributed by atoms with Gasteiger partial charge in [-0.3, -0.25) is 14.4 Å². The van der Waals surface area contributed by atoms with Gasteiger partial charge in [0.2, 0.25) is 17.7 Å². The Labute approximate surface area is 157 Å². The minimum atomic E-state index is -0.457. The number of fused-ring (bicyclic) bond motifs is 1. The summed E-state index contributed by atoms with van der Waals surface area (Å²) in [6.07, 6.45) is 0.743. The van der Waals surface area contributed by atoms with Gasteiger partial charge in [-0.25, -0.2) is 0 Å². The molecule has 2 saturated heterocycles. The Morgan fingerprint density at radius 1 is 1.04 bits per heavy atom. The van der Waals surface area contributed by atoms with Crippen molar-refractivity contribution in [1.82, 2.24) is 15.5 Å². The monoisotopic (exact) mass is 363 g/mol. The molecule has 2 aliphatic heterocycles. The van der Waals surface area contributed by atoms with Crippen molar-refractivity contribution < 1.29 is 14.4 Å². The number of carbonyl (C=O) groups is 3. The molecule has 0 aromatic heterocycles. The number of piperazine rings is 1. The number of hydrogen-bond acceptors (Lipinski definition) is 3. The molecule has 6 nitrogen and oxygen atoms in total. The van der Waals surface area contributed by atoms with Crippen molar-refractivity contribution in [2.24, 2.45) is 0 Å². The fourth-order valence-corrected chi connectivity index (χ4v) is 3.76. The lowest BCUT2D eigenvalue weighted by Gasteiger charge is -2.28. The van der Waals surface area contributed by atoms with Crippen LogP contribution in [-0.4, -0.2) is 47.8 Å². The van der Waals surface area contributed by atoms with Crippen molar-refractivity contribution in [3.8, 4) is 11.1 Å². The van der Waals surface area contributed by atoms with Crippen LogP contribution in [0, 0.1) is 0 Å². The Bertz CT molecular complexity index is 840. The molecule has 2 atom stereocenters. The van der Waals surface area contributed by atoms with Crippen molar-refractivity contribution >= 4 is 17.7 Å². The predicted octanol–water partition coefficient (Wildman–Crippen LogP) is 1.11. The van der Waals surface area contributed by atoms with Crippen LogP contribution >= 0.6 is 0 Å². The van der Waals surface area contributed by atoms with E-state index in [4.69, 9.17) is 0 Å². The van der Waals surface area contributed by atoms with Gasteiger partial charge in [-0.1, -0.05) is 54.6 Å². The highest BCUT2D eigenvalue weighted by Gasteiger charge is 2.42. The van der Waals surface area contributed by atoms with Crippen LogP contribution in [0.4, 0.5) is 0 Å². The molecule has 2 aromatic rings. The van der Waals surface area contributed by atoms with E-state index in [-0.39, 0.29) is 36.7 Å². The first-order valence-electron chi connectivity index (χ1n) is 9.11. The minimum absolute atomic E-state index is 0.0454. The van der Waals surface area contributed by atoms with Gasteiger partial charge in [-0.15, -0.1) is 0 Å². The molecule has 0 aliphatic carbocycles. The van der Waals surface area contributed by atoms with Crippen LogP contribution in [-0.2, 0) is 20.8 Å². The molecule has 27 heavy (non-hydrogen) atoms. The zero-order valence-corrected chi connectivity index (χ0v) is 14.9. The molecule has 0 radical (unpaired) electrons. The maximum Gasteiger partial charge on any atom is 0.243 e. The molecular weight excluding hydrogens is 342 g/mol. The van der Waals surface area contributed by atoms with Gasteiger partial charge in [-0.2, -0.15) is 0 Å². The zero-order chi connectivity index (χ0) is 18.8. The van der Waals surface area contributed by atoms with Crippen LogP contribution in [0.3, 0.4) is 0 Å². The third kappa shape index (κ3) is 3.69. The Balaban J connectivity index is 1.35. The number of nitrogens with one attached hydrogen (secondary N) is 2. The number of hydrogen-bond donors (Lipinski definition) is 2. The summed E-state index contributed by atoms with van der Waals surface area (Å²) in [6, 6.07) is 17.4. The smallest absolute Gasteiger partial charge is 0.243 e. The molecule has 138 valence electrons. The maximum absolute atomic E-state index is 12.4. The summed E-state index contributed by atoms with van der Waals surface area (Å²) in [4.78, 5) is 37.7. The van der Waals surface area contributed by atoms with Gasteiger partial charge in [0.05, 0.1) is 13.0 Å². The van der Waals surface area contributed by atoms with E-state index in [2.05, 4.69) is 10.6 Å². The van der Waals surface area contributed by atoms with Gasteiger partial charge in [0, 0.05) is 12.6 Å². The predicted molar refractivity (Wildman–Crippen MR) is 101 cm³/mol. The summed E-state index contributed by atoms with van der Waals surface area (Å²) in [5, 5.41) is 5.55. The average molecular weight is 363 g/mol. The Morgan fingerprint density at radius 2 is 1.74 bits per heavy atom. The summed E-state index contributed by atoms with van der Waals surface area (Å²) in [7, 11) is 0.